The van der Waals surface area contributed by atoms with Crippen molar-refractivity contribution in [2.24, 2.45) is 0 Å². The number of esters is 1. The minimum atomic E-state index is -0.802. The summed E-state index contributed by atoms with van der Waals surface area (Å²) in [7, 11) is 0. The molecule has 1 amide bonds. The Morgan fingerprint density at radius 2 is 1.04 bits per heavy atom. The van der Waals surface area contributed by atoms with Crippen LogP contribution >= 0.6 is 0 Å². The molecule has 0 aromatic heterocycles. The van der Waals surface area contributed by atoms with Gasteiger partial charge in [-0.1, -0.05) is 184 Å². The van der Waals surface area contributed by atoms with Gasteiger partial charge in [-0.05, 0) is 83.5 Å². The molecule has 0 aliphatic heterocycles. The number of carbonyl (C=O) groups excluding carboxylic acids is 2. The van der Waals surface area contributed by atoms with Crippen LogP contribution in [-0.2, 0) is 14.3 Å². The minimum absolute atomic E-state index is 0.0400. The lowest BCUT2D eigenvalue weighted by Gasteiger charge is -2.24. The molecule has 0 heterocycles. The summed E-state index contributed by atoms with van der Waals surface area (Å²) >= 11 is 0. The number of ether oxygens (including phenoxy) is 1. The number of aliphatic hydroxyl groups is 2. The van der Waals surface area contributed by atoms with Crippen LogP contribution in [-0.4, -0.2) is 46.9 Å². The third-order valence-corrected chi connectivity index (χ3v) is 10.1. The Bertz CT molecular complexity index is 1060. The normalized spacial score (nSPS) is 14.0. The third kappa shape index (κ3) is 38.2. The Hall–Kier alpha value is -2.70. The van der Waals surface area contributed by atoms with Gasteiger partial charge in [0.25, 0.3) is 0 Å². The first-order chi connectivity index (χ1) is 27.5. The smallest absolute Gasteiger partial charge is 0.306 e. The molecular formula is C50H87NO5. The van der Waals surface area contributed by atoms with Gasteiger partial charge in [0.05, 0.1) is 25.2 Å². The number of allylic oxidation sites excluding steroid dienone is 12. The van der Waals surface area contributed by atoms with Gasteiger partial charge in [0.15, 0.2) is 0 Å². The van der Waals surface area contributed by atoms with Crippen LogP contribution in [0.2, 0.25) is 0 Å². The van der Waals surface area contributed by atoms with E-state index in [0.29, 0.717) is 19.3 Å². The summed E-state index contributed by atoms with van der Waals surface area (Å²) in [5.41, 5.74) is 0. The standard InChI is InChI=1S/C50H87NO5/c1-4-7-10-13-16-19-21-23-24-26-27-30-32-35-38-41-46(56-50(55)43-40-37-34-31-28-25-22-20-17-14-11-8-5-2)44-49(54)51-47(45-52)48(53)42-39-36-33-29-18-15-12-9-6-3/h8,11,14,16-17,19-20,22-24,27,30,46-48,52-53H,4-7,9-10,12-13,15,18,21,25-26,28-29,31-45H2,1-3H3,(H,51,54)/b11-8+,17-14+,19-16-,22-20-,24-23-,30-27-. The van der Waals surface area contributed by atoms with Crippen molar-refractivity contribution in [2.45, 2.75) is 225 Å². The summed E-state index contributed by atoms with van der Waals surface area (Å²) in [4.78, 5) is 26.0. The summed E-state index contributed by atoms with van der Waals surface area (Å²) < 4.78 is 5.88. The summed E-state index contributed by atoms with van der Waals surface area (Å²) in [6, 6.07) is -0.719. The molecule has 6 heteroatoms. The van der Waals surface area contributed by atoms with Crippen molar-refractivity contribution in [1.29, 1.82) is 0 Å². The first-order valence-electron chi connectivity index (χ1n) is 23.2. The molecule has 0 spiro atoms. The average molecular weight is 782 g/mol. The van der Waals surface area contributed by atoms with Crippen molar-refractivity contribution >= 4 is 11.9 Å². The van der Waals surface area contributed by atoms with Crippen LogP contribution in [0.1, 0.15) is 207 Å². The summed E-state index contributed by atoms with van der Waals surface area (Å²) in [6.07, 6.45) is 53.9. The highest BCUT2D eigenvalue weighted by atomic mass is 16.5. The molecule has 0 aromatic rings. The highest BCUT2D eigenvalue weighted by molar-refractivity contribution is 5.77. The molecule has 6 nitrogen and oxygen atoms in total. The van der Waals surface area contributed by atoms with Crippen molar-refractivity contribution < 1.29 is 24.5 Å². The first kappa shape index (κ1) is 53.3. The topological polar surface area (TPSA) is 95.9 Å². The SMILES string of the molecule is CC/C=C/C=C/C=C\CCCCCCCC(=O)OC(CCCC/C=C\C/C=C\C/C=C\CCCCC)CC(=O)NC(CO)C(O)CCCCCCCCCCC. The second-order valence-corrected chi connectivity index (χ2v) is 15.5. The van der Waals surface area contributed by atoms with E-state index >= 15 is 0 Å². The van der Waals surface area contributed by atoms with Crippen LogP contribution in [0.15, 0.2) is 72.9 Å². The maximum absolute atomic E-state index is 13.1. The maximum atomic E-state index is 13.1. The number of hydrogen-bond acceptors (Lipinski definition) is 5. The molecule has 0 saturated carbocycles. The van der Waals surface area contributed by atoms with Gasteiger partial charge in [0, 0.05) is 6.42 Å². The minimum Gasteiger partial charge on any atom is -0.462 e. The van der Waals surface area contributed by atoms with Gasteiger partial charge in [-0.25, -0.2) is 0 Å². The lowest BCUT2D eigenvalue weighted by molar-refractivity contribution is -0.151. The Morgan fingerprint density at radius 3 is 1.66 bits per heavy atom. The summed E-state index contributed by atoms with van der Waals surface area (Å²) in [5.74, 6) is -0.543. The number of hydrogen-bond donors (Lipinski definition) is 3. The molecule has 0 rings (SSSR count). The molecule has 0 aliphatic carbocycles. The number of aliphatic hydroxyl groups excluding tert-OH is 2. The van der Waals surface area contributed by atoms with E-state index in [-0.39, 0.29) is 24.9 Å². The molecule has 322 valence electrons. The van der Waals surface area contributed by atoms with Crippen molar-refractivity contribution in [3.05, 3.63) is 72.9 Å². The van der Waals surface area contributed by atoms with E-state index in [1.807, 2.05) is 0 Å². The Labute approximate surface area is 345 Å². The van der Waals surface area contributed by atoms with Crippen LogP contribution < -0.4 is 5.32 Å². The number of unbranched alkanes of at least 4 members (excludes halogenated alkanes) is 18. The van der Waals surface area contributed by atoms with Crippen LogP contribution in [0.5, 0.6) is 0 Å². The number of nitrogens with one attached hydrogen (secondary N) is 1. The molecule has 0 bridgehead atoms. The lowest BCUT2D eigenvalue weighted by Crippen LogP contribution is -2.46. The fourth-order valence-corrected chi connectivity index (χ4v) is 6.55. The van der Waals surface area contributed by atoms with Crippen LogP contribution in [0.3, 0.4) is 0 Å². The monoisotopic (exact) mass is 782 g/mol. The van der Waals surface area contributed by atoms with E-state index in [0.717, 1.165) is 96.3 Å². The van der Waals surface area contributed by atoms with Gasteiger partial charge in [0.1, 0.15) is 6.10 Å². The average Bonchev–Trinajstić information content (AvgIpc) is 3.19. The number of carbonyl (C=O) groups is 2. The van der Waals surface area contributed by atoms with Crippen molar-refractivity contribution in [3.8, 4) is 0 Å². The van der Waals surface area contributed by atoms with E-state index < -0.39 is 18.2 Å². The fraction of sp³-hybridized carbons (Fsp3) is 0.720. The first-order valence-corrected chi connectivity index (χ1v) is 23.2. The van der Waals surface area contributed by atoms with E-state index in [4.69, 9.17) is 4.74 Å². The zero-order valence-electron chi connectivity index (χ0n) is 36.5. The van der Waals surface area contributed by atoms with Crippen molar-refractivity contribution in [3.63, 3.8) is 0 Å². The van der Waals surface area contributed by atoms with Gasteiger partial charge in [0.2, 0.25) is 5.91 Å². The number of rotatable bonds is 40. The Kier molecular flexibility index (Phi) is 41.3. The third-order valence-electron chi connectivity index (χ3n) is 10.1. The van der Waals surface area contributed by atoms with Gasteiger partial charge >= 0.3 is 5.97 Å². The maximum Gasteiger partial charge on any atom is 0.306 e. The van der Waals surface area contributed by atoms with Crippen LogP contribution in [0.4, 0.5) is 0 Å². The molecule has 0 aromatic carbocycles. The van der Waals surface area contributed by atoms with E-state index in [9.17, 15) is 19.8 Å². The fourth-order valence-electron chi connectivity index (χ4n) is 6.55. The zero-order chi connectivity index (χ0) is 41.0. The van der Waals surface area contributed by atoms with E-state index in [1.165, 1.54) is 64.2 Å². The van der Waals surface area contributed by atoms with Crippen molar-refractivity contribution in [1.82, 2.24) is 5.32 Å². The van der Waals surface area contributed by atoms with Gasteiger partial charge < -0.3 is 20.3 Å². The second-order valence-electron chi connectivity index (χ2n) is 15.5. The van der Waals surface area contributed by atoms with E-state index in [1.54, 1.807) is 0 Å². The van der Waals surface area contributed by atoms with E-state index in [2.05, 4.69) is 99.0 Å². The van der Waals surface area contributed by atoms with Gasteiger partial charge in [-0.2, -0.15) is 0 Å². The second kappa shape index (κ2) is 43.4. The molecule has 3 atom stereocenters. The van der Waals surface area contributed by atoms with Gasteiger partial charge in [-0.3, -0.25) is 9.59 Å². The quantitative estimate of drug-likeness (QED) is 0.0249. The predicted molar refractivity (Wildman–Crippen MR) is 241 cm³/mol. The predicted octanol–water partition coefficient (Wildman–Crippen LogP) is 13.4. The highest BCUT2D eigenvalue weighted by Crippen LogP contribution is 2.16. The largest absolute Gasteiger partial charge is 0.462 e. The van der Waals surface area contributed by atoms with Crippen molar-refractivity contribution in [2.75, 3.05) is 6.61 Å². The molecule has 56 heavy (non-hydrogen) atoms. The molecule has 3 unspecified atom stereocenters. The molecule has 0 aliphatic rings. The molecule has 3 N–H and O–H groups in total. The lowest BCUT2D eigenvalue weighted by atomic mass is 10.0. The Balaban J connectivity index is 4.73. The van der Waals surface area contributed by atoms with Crippen LogP contribution in [0.25, 0.3) is 0 Å². The molecule has 0 radical (unpaired) electrons. The van der Waals surface area contributed by atoms with Crippen LogP contribution in [0, 0.1) is 0 Å². The molecule has 0 fully saturated rings. The molecular weight excluding hydrogens is 695 g/mol. The highest BCUT2D eigenvalue weighted by Gasteiger charge is 2.24. The number of amides is 1. The molecule has 0 saturated heterocycles. The Morgan fingerprint density at radius 1 is 0.554 bits per heavy atom. The zero-order valence-corrected chi connectivity index (χ0v) is 36.5. The van der Waals surface area contributed by atoms with Gasteiger partial charge in [-0.15, -0.1) is 0 Å². The summed E-state index contributed by atoms with van der Waals surface area (Å²) in [5, 5.41) is 23.6. The summed E-state index contributed by atoms with van der Waals surface area (Å²) in [6.45, 7) is 6.27.